The summed E-state index contributed by atoms with van der Waals surface area (Å²) in [5.74, 6) is 0. The lowest BCUT2D eigenvalue weighted by atomic mass is 10.1. The quantitative estimate of drug-likeness (QED) is 0.321. The highest BCUT2D eigenvalue weighted by Gasteiger charge is 2.25. The molecule has 0 heterocycles. The fourth-order valence-electron chi connectivity index (χ4n) is 3.35. The maximum atomic E-state index is 9.27. The van der Waals surface area contributed by atoms with E-state index in [-0.39, 0.29) is 17.0 Å². The summed E-state index contributed by atoms with van der Waals surface area (Å²) < 4.78 is 1.28. The van der Waals surface area contributed by atoms with E-state index in [1.807, 2.05) is 0 Å². The van der Waals surface area contributed by atoms with Gasteiger partial charge in [0.05, 0.1) is 26.2 Å². The number of unbranched alkanes of at least 4 members (excludes halogenated alkanes) is 7. The first-order chi connectivity index (χ1) is 10.2. The van der Waals surface area contributed by atoms with Crippen LogP contribution in [0.3, 0.4) is 0 Å². The number of hydrogen-bond donors (Lipinski definition) is 1. The molecule has 22 heavy (non-hydrogen) atoms. The standard InChI is InChI=1S/C19H42NO.BrH/c1-4-7-10-13-17-20(18-14-19-21,15-11-8-5-2)16-12-9-6-3;/h21H,4-19H2,1-3H3;1H/q+1;/p-1. The van der Waals surface area contributed by atoms with Gasteiger partial charge in [-0.2, -0.15) is 0 Å². The van der Waals surface area contributed by atoms with E-state index in [4.69, 9.17) is 0 Å². The Kier molecular flexibility index (Phi) is 19.9. The number of rotatable bonds is 16. The molecule has 136 valence electrons. The minimum absolute atomic E-state index is 0. The normalized spacial score (nSPS) is 11.5. The van der Waals surface area contributed by atoms with Crippen LogP contribution in [-0.4, -0.2) is 42.4 Å². The second-order valence-corrected chi connectivity index (χ2v) is 6.79. The molecule has 0 aliphatic rings. The Morgan fingerprint density at radius 3 is 1.32 bits per heavy atom. The van der Waals surface area contributed by atoms with Crippen LogP contribution in [0.2, 0.25) is 0 Å². The Bertz CT molecular complexity index is 202. The SMILES string of the molecule is CCCCCC[N+](CCCO)(CCCCC)CCCCC.[Br-]. The van der Waals surface area contributed by atoms with Crippen LogP contribution in [0.4, 0.5) is 0 Å². The molecule has 0 rings (SSSR count). The van der Waals surface area contributed by atoms with Crippen molar-refractivity contribution in [2.24, 2.45) is 0 Å². The minimum Gasteiger partial charge on any atom is -1.00 e. The van der Waals surface area contributed by atoms with Crippen molar-refractivity contribution in [2.75, 3.05) is 32.8 Å². The van der Waals surface area contributed by atoms with E-state index in [9.17, 15) is 5.11 Å². The summed E-state index contributed by atoms with van der Waals surface area (Å²) in [6, 6.07) is 0. The molecule has 0 spiro atoms. The fraction of sp³-hybridized carbons (Fsp3) is 1.00. The highest BCUT2D eigenvalue weighted by Crippen LogP contribution is 2.17. The van der Waals surface area contributed by atoms with Crippen molar-refractivity contribution in [1.29, 1.82) is 0 Å². The van der Waals surface area contributed by atoms with E-state index in [2.05, 4.69) is 20.8 Å². The second kappa shape index (κ2) is 17.7. The Labute approximate surface area is 151 Å². The van der Waals surface area contributed by atoms with E-state index in [0.29, 0.717) is 6.61 Å². The third kappa shape index (κ3) is 12.9. The van der Waals surface area contributed by atoms with Crippen molar-refractivity contribution in [3.05, 3.63) is 0 Å². The molecule has 1 N–H and O–H groups in total. The number of halogens is 1. The molecule has 0 saturated heterocycles. The van der Waals surface area contributed by atoms with Crippen LogP contribution in [0.5, 0.6) is 0 Å². The summed E-state index contributed by atoms with van der Waals surface area (Å²) in [6.45, 7) is 12.4. The van der Waals surface area contributed by atoms with E-state index < -0.39 is 0 Å². The summed E-state index contributed by atoms with van der Waals surface area (Å²) in [5, 5.41) is 9.27. The van der Waals surface area contributed by atoms with E-state index >= 15 is 0 Å². The summed E-state index contributed by atoms with van der Waals surface area (Å²) in [5.41, 5.74) is 0. The first-order valence-corrected chi connectivity index (χ1v) is 9.70. The monoisotopic (exact) mass is 379 g/mol. The highest BCUT2D eigenvalue weighted by atomic mass is 79.9. The van der Waals surface area contributed by atoms with Crippen LogP contribution < -0.4 is 17.0 Å². The third-order valence-corrected chi connectivity index (χ3v) is 4.75. The molecule has 0 atom stereocenters. The summed E-state index contributed by atoms with van der Waals surface area (Å²) in [6.07, 6.45) is 14.5. The Morgan fingerprint density at radius 1 is 0.545 bits per heavy atom. The lowest BCUT2D eigenvalue weighted by Gasteiger charge is -2.39. The first kappa shape index (κ1) is 24.6. The van der Waals surface area contributed by atoms with E-state index in [1.54, 1.807) is 0 Å². The van der Waals surface area contributed by atoms with Gasteiger partial charge in [0.25, 0.3) is 0 Å². The van der Waals surface area contributed by atoms with Crippen molar-refractivity contribution in [3.63, 3.8) is 0 Å². The Balaban J connectivity index is 0. The van der Waals surface area contributed by atoms with Gasteiger partial charge in [-0.05, 0) is 38.5 Å². The summed E-state index contributed by atoms with van der Waals surface area (Å²) in [7, 11) is 0. The molecule has 2 nitrogen and oxygen atoms in total. The Hall–Kier alpha value is 0.400. The van der Waals surface area contributed by atoms with Crippen LogP contribution >= 0.6 is 0 Å². The highest BCUT2D eigenvalue weighted by molar-refractivity contribution is 4.51. The van der Waals surface area contributed by atoms with Crippen molar-refractivity contribution in [1.82, 2.24) is 0 Å². The van der Waals surface area contributed by atoms with Gasteiger partial charge in [-0.1, -0.05) is 46.5 Å². The van der Waals surface area contributed by atoms with Crippen molar-refractivity contribution < 1.29 is 26.6 Å². The van der Waals surface area contributed by atoms with Gasteiger partial charge in [0.2, 0.25) is 0 Å². The van der Waals surface area contributed by atoms with Crippen LogP contribution in [0.25, 0.3) is 0 Å². The zero-order valence-corrected chi connectivity index (χ0v) is 17.2. The molecular formula is C19H42BrNO. The molecule has 0 aliphatic heterocycles. The van der Waals surface area contributed by atoms with Crippen LogP contribution in [0, 0.1) is 0 Å². The molecule has 0 aromatic heterocycles. The molecule has 0 unspecified atom stereocenters. The summed E-state index contributed by atoms with van der Waals surface area (Å²) in [4.78, 5) is 0. The van der Waals surface area contributed by atoms with Gasteiger partial charge in [-0.3, -0.25) is 0 Å². The molecule has 0 aromatic carbocycles. The average Bonchev–Trinajstić information content (AvgIpc) is 2.50. The molecule has 0 aliphatic carbocycles. The van der Waals surface area contributed by atoms with E-state index in [1.165, 1.54) is 94.9 Å². The zero-order chi connectivity index (χ0) is 15.8. The predicted octanol–water partition coefficient (Wildman–Crippen LogP) is 2.15. The van der Waals surface area contributed by atoms with Gasteiger partial charge >= 0.3 is 0 Å². The van der Waals surface area contributed by atoms with E-state index in [0.717, 1.165) is 6.42 Å². The van der Waals surface area contributed by atoms with Gasteiger partial charge in [0.1, 0.15) is 0 Å². The zero-order valence-electron chi connectivity index (χ0n) is 15.6. The molecule has 3 heteroatoms. The van der Waals surface area contributed by atoms with Gasteiger partial charge < -0.3 is 26.6 Å². The average molecular weight is 380 g/mol. The molecule has 0 amide bonds. The van der Waals surface area contributed by atoms with Gasteiger partial charge in [-0.25, -0.2) is 0 Å². The molecule has 0 radical (unpaired) electrons. The maximum absolute atomic E-state index is 9.27. The molecule has 0 saturated carbocycles. The Morgan fingerprint density at radius 2 is 0.909 bits per heavy atom. The second-order valence-electron chi connectivity index (χ2n) is 6.79. The van der Waals surface area contributed by atoms with Gasteiger partial charge in [0, 0.05) is 13.0 Å². The topological polar surface area (TPSA) is 20.2 Å². The maximum Gasteiger partial charge on any atom is 0.0808 e. The number of aliphatic hydroxyl groups excluding tert-OH is 1. The third-order valence-electron chi connectivity index (χ3n) is 4.75. The largest absolute Gasteiger partial charge is 1.00 e. The van der Waals surface area contributed by atoms with Crippen LogP contribution in [0.1, 0.15) is 91.4 Å². The van der Waals surface area contributed by atoms with Crippen LogP contribution in [-0.2, 0) is 0 Å². The molecular weight excluding hydrogens is 338 g/mol. The molecule has 0 fully saturated rings. The van der Waals surface area contributed by atoms with Crippen LogP contribution in [0.15, 0.2) is 0 Å². The molecule has 0 aromatic rings. The number of nitrogens with zero attached hydrogens (tertiary/aromatic N) is 1. The number of quaternary nitrogens is 1. The van der Waals surface area contributed by atoms with Crippen molar-refractivity contribution >= 4 is 0 Å². The lowest BCUT2D eigenvalue weighted by Crippen LogP contribution is -3.00. The predicted molar refractivity (Wildman–Crippen MR) is 94.6 cm³/mol. The van der Waals surface area contributed by atoms with Gasteiger partial charge in [0.15, 0.2) is 0 Å². The summed E-state index contributed by atoms with van der Waals surface area (Å²) >= 11 is 0. The van der Waals surface area contributed by atoms with Crippen molar-refractivity contribution in [3.8, 4) is 0 Å². The fourth-order valence-corrected chi connectivity index (χ4v) is 3.35. The number of hydrogen-bond acceptors (Lipinski definition) is 1. The number of aliphatic hydroxyl groups is 1. The van der Waals surface area contributed by atoms with Crippen molar-refractivity contribution in [2.45, 2.75) is 91.4 Å². The van der Waals surface area contributed by atoms with Gasteiger partial charge in [-0.15, -0.1) is 0 Å². The lowest BCUT2D eigenvalue weighted by molar-refractivity contribution is -0.929. The minimum atomic E-state index is 0. The molecule has 0 bridgehead atoms. The smallest absolute Gasteiger partial charge is 0.0808 e. The first-order valence-electron chi connectivity index (χ1n) is 9.70.